The number of anilines is 1. The number of nitrogens with one attached hydrogen (secondary N) is 1. The van der Waals surface area contributed by atoms with Crippen LogP contribution in [0.4, 0.5) is 14.9 Å². The summed E-state index contributed by atoms with van der Waals surface area (Å²) in [5.74, 6) is -0.473. The normalized spacial score (nSPS) is 12.8. The van der Waals surface area contributed by atoms with E-state index in [1.165, 1.54) is 30.7 Å². The summed E-state index contributed by atoms with van der Waals surface area (Å²) >= 11 is 1.28. The first-order valence-corrected chi connectivity index (χ1v) is 12.5. The first-order chi connectivity index (χ1) is 18.3. The second-order valence-corrected chi connectivity index (χ2v) is 9.49. The standard InChI is InChI=1S/C26H23FN6O4S/c1-13-8-17(22-19(9-13)31-21(35-4)12-29-22)24-32-20-10-18(27)23(33-25(20)38-24)36-14(2)15(3)37-26(34)30-16-6-5-7-28-11-16/h5-12,14-15H,1-4H3,(H,30,34). The number of rotatable bonds is 7. The number of aryl methyl sites for hydroxylation is 1. The minimum atomic E-state index is -0.699. The van der Waals surface area contributed by atoms with E-state index >= 15 is 0 Å². The molecule has 1 N–H and O–H groups in total. The Morgan fingerprint density at radius 1 is 1.08 bits per heavy atom. The summed E-state index contributed by atoms with van der Waals surface area (Å²) in [4.78, 5) is 34.5. The van der Waals surface area contributed by atoms with Gasteiger partial charge in [0.05, 0.1) is 36.2 Å². The number of fused-ring (bicyclic) bond motifs is 2. The van der Waals surface area contributed by atoms with Gasteiger partial charge in [-0.3, -0.25) is 10.3 Å². The molecule has 0 bridgehead atoms. The molecule has 0 spiro atoms. The van der Waals surface area contributed by atoms with E-state index in [4.69, 9.17) is 14.2 Å². The van der Waals surface area contributed by atoms with Crippen LogP contribution in [-0.4, -0.2) is 50.3 Å². The molecule has 1 amide bonds. The average Bonchev–Trinajstić information content (AvgIpc) is 3.30. The summed E-state index contributed by atoms with van der Waals surface area (Å²) in [5.41, 5.74) is 3.92. The van der Waals surface area contributed by atoms with Crippen LogP contribution in [0.2, 0.25) is 0 Å². The molecule has 5 aromatic rings. The molecule has 0 fully saturated rings. The number of nitrogens with zero attached hydrogens (tertiary/aromatic N) is 5. The maximum absolute atomic E-state index is 14.9. The molecule has 10 nitrogen and oxygen atoms in total. The third-order valence-corrected chi connectivity index (χ3v) is 6.67. The molecule has 0 saturated heterocycles. The van der Waals surface area contributed by atoms with Gasteiger partial charge in [0.2, 0.25) is 5.88 Å². The van der Waals surface area contributed by atoms with Crippen LogP contribution in [0.1, 0.15) is 19.4 Å². The number of hydrogen-bond donors (Lipinski definition) is 1. The number of carbonyl (C=O) groups excluding carboxylic acids is 1. The number of ether oxygens (including phenoxy) is 3. The lowest BCUT2D eigenvalue weighted by Crippen LogP contribution is -2.33. The largest absolute Gasteiger partial charge is 0.480 e. The molecule has 194 valence electrons. The van der Waals surface area contributed by atoms with Crippen molar-refractivity contribution in [1.29, 1.82) is 0 Å². The summed E-state index contributed by atoms with van der Waals surface area (Å²) in [6, 6.07) is 8.50. The lowest BCUT2D eigenvalue weighted by Gasteiger charge is -2.21. The van der Waals surface area contributed by atoms with E-state index in [1.807, 2.05) is 19.1 Å². The predicted octanol–water partition coefficient (Wildman–Crippen LogP) is 5.56. The Bertz CT molecular complexity index is 1630. The zero-order chi connectivity index (χ0) is 26.8. The van der Waals surface area contributed by atoms with Crippen LogP contribution in [0, 0.1) is 12.7 Å². The Balaban J connectivity index is 1.36. The number of benzene rings is 1. The Labute approximate surface area is 220 Å². The van der Waals surface area contributed by atoms with Gasteiger partial charge in [-0.15, -0.1) is 0 Å². The summed E-state index contributed by atoms with van der Waals surface area (Å²) in [7, 11) is 1.53. The van der Waals surface area contributed by atoms with E-state index in [0.29, 0.717) is 38.0 Å². The highest BCUT2D eigenvalue weighted by Crippen LogP contribution is 2.35. The molecular weight excluding hydrogens is 511 g/mol. The summed E-state index contributed by atoms with van der Waals surface area (Å²) in [6.45, 7) is 5.26. The highest BCUT2D eigenvalue weighted by Gasteiger charge is 2.22. The van der Waals surface area contributed by atoms with Crippen molar-refractivity contribution in [3.63, 3.8) is 0 Å². The van der Waals surface area contributed by atoms with Crippen LogP contribution < -0.4 is 14.8 Å². The van der Waals surface area contributed by atoms with Gasteiger partial charge in [-0.25, -0.2) is 24.1 Å². The van der Waals surface area contributed by atoms with Crippen LogP contribution in [-0.2, 0) is 4.74 Å². The van der Waals surface area contributed by atoms with E-state index < -0.39 is 24.1 Å². The van der Waals surface area contributed by atoms with Crippen LogP contribution in [0.5, 0.6) is 11.8 Å². The molecule has 12 heteroatoms. The number of methoxy groups -OCH3 is 1. The first kappa shape index (κ1) is 25.2. The Morgan fingerprint density at radius 2 is 1.92 bits per heavy atom. The van der Waals surface area contributed by atoms with Gasteiger partial charge < -0.3 is 14.2 Å². The van der Waals surface area contributed by atoms with Crippen molar-refractivity contribution in [2.24, 2.45) is 0 Å². The first-order valence-electron chi connectivity index (χ1n) is 11.6. The van der Waals surface area contributed by atoms with Gasteiger partial charge in [-0.1, -0.05) is 11.3 Å². The molecule has 0 aliphatic carbocycles. The van der Waals surface area contributed by atoms with Gasteiger partial charge >= 0.3 is 6.09 Å². The number of halogens is 1. The lowest BCUT2D eigenvalue weighted by molar-refractivity contribution is 0.0379. The molecule has 2 unspecified atom stereocenters. The molecule has 38 heavy (non-hydrogen) atoms. The van der Waals surface area contributed by atoms with Gasteiger partial charge in [0.15, 0.2) is 5.82 Å². The van der Waals surface area contributed by atoms with Gasteiger partial charge in [0.1, 0.15) is 27.6 Å². The molecule has 4 aromatic heterocycles. The van der Waals surface area contributed by atoms with Gasteiger partial charge in [0.25, 0.3) is 5.88 Å². The molecular formula is C26H23FN6O4S. The third-order valence-electron chi connectivity index (χ3n) is 5.67. The number of aromatic nitrogens is 5. The van der Waals surface area contributed by atoms with Crippen molar-refractivity contribution < 1.29 is 23.4 Å². The topological polar surface area (TPSA) is 121 Å². The van der Waals surface area contributed by atoms with Crippen molar-refractivity contribution in [3.05, 3.63) is 60.3 Å². The van der Waals surface area contributed by atoms with Crippen LogP contribution in [0.15, 0.2) is 48.9 Å². The highest BCUT2D eigenvalue weighted by atomic mass is 32.1. The monoisotopic (exact) mass is 534 g/mol. The van der Waals surface area contributed by atoms with Crippen LogP contribution in [0.3, 0.4) is 0 Å². The zero-order valence-corrected chi connectivity index (χ0v) is 21.7. The van der Waals surface area contributed by atoms with Crippen LogP contribution in [0.25, 0.3) is 32.0 Å². The maximum atomic E-state index is 14.9. The fraction of sp³-hybridized carbons (Fsp3) is 0.231. The third kappa shape index (κ3) is 5.30. The van der Waals surface area contributed by atoms with E-state index in [2.05, 4.69) is 30.2 Å². The second-order valence-electron chi connectivity index (χ2n) is 8.51. The number of amides is 1. The summed E-state index contributed by atoms with van der Waals surface area (Å²) < 4.78 is 31.2. The van der Waals surface area contributed by atoms with Crippen molar-refractivity contribution in [2.75, 3.05) is 12.4 Å². The molecule has 0 aliphatic heterocycles. The quantitative estimate of drug-likeness (QED) is 0.286. The van der Waals surface area contributed by atoms with Gasteiger partial charge in [-0.05, 0) is 50.6 Å². The summed E-state index contributed by atoms with van der Waals surface area (Å²) in [5, 5.41) is 3.20. The predicted molar refractivity (Wildman–Crippen MR) is 141 cm³/mol. The van der Waals surface area contributed by atoms with Gasteiger partial charge in [-0.2, -0.15) is 4.98 Å². The molecule has 0 aliphatic rings. The van der Waals surface area contributed by atoms with E-state index in [0.717, 1.165) is 11.1 Å². The maximum Gasteiger partial charge on any atom is 0.412 e. The average molecular weight is 535 g/mol. The Morgan fingerprint density at radius 3 is 2.68 bits per heavy atom. The fourth-order valence-corrected chi connectivity index (χ4v) is 4.58. The van der Waals surface area contributed by atoms with Crippen molar-refractivity contribution in [2.45, 2.75) is 33.0 Å². The molecule has 5 rings (SSSR count). The molecule has 0 radical (unpaired) electrons. The minimum absolute atomic E-state index is 0.207. The SMILES string of the molecule is COc1cnc2c(-c3nc4cc(F)c(OC(C)C(C)OC(=O)Nc5cccnc5)nc4s3)cc(C)cc2n1. The van der Waals surface area contributed by atoms with Crippen molar-refractivity contribution in [1.82, 2.24) is 24.9 Å². The number of thiazole rings is 1. The summed E-state index contributed by atoms with van der Waals surface area (Å²) in [6.07, 6.45) is 2.56. The zero-order valence-electron chi connectivity index (χ0n) is 20.9. The van der Waals surface area contributed by atoms with Crippen molar-refractivity contribution >= 4 is 44.5 Å². The lowest BCUT2D eigenvalue weighted by atomic mass is 10.1. The molecule has 0 saturated carbocycles. The van der Waals surface area contributed by atoms with Crippen LogP contribution >= 0.6 is 11.3 Å². The molecule has 1 aromatic carbocycles. The number of pyridine rings is 2. The fourth-order valence-electron chi connectivity index (χ4n) is 3.65. The minimum Gasteiger partial charge on any atom is -0.480 e. The van der Waals surface area contributed by atoms with E-state index in [-0.39, 0.29) is 5.88 Å². The second kappa shape index (κ2) is 10.5. The van der Waals surface area contributed by atoms with Gasteiger partial charge in [0, 0.05) is 17.8 Å². The van der Waals surface area contributed by atoms with Crippen molar-refractivity contribution in [3.8, 4) is 22.3 Å². The Kier molecular flexibility index (Phi) is 6.97. The highest BCUT2D eigenvalue weighted by molar-refractivity contribution is 7.21. The molecule has 2 atom stereocenters. The number of carbonyl (C=O) groups is 1. The number of hydrogen-bond acceptors (Lipinski definition) is 10. The van der Waals surface area contributed by atoms with E-state index in [9.17, 15) is 9.18 Å². The Hall–Kier alpha value is -4.45. The smallest absolute Gasteiger partial charge is 0.412 e. The molecule has 4 heterocycles. The van der Waals surface area contributed by atoms with E-state index in [1.54, 1.807) is 38.4 Å².